The van der Waals surface area contributed by atoms with Gasteiger partial charge in [0, 0.05) is 0 Å². The minimum Gasteiger partial charge on any atom is -0.282 e. The molecule has 90 valence electrons. The normalized spacial score (nSPS) is 12.9. The number of hydrogen-bond donors (Lipinski definition) is 1. The van der Waals surface area contributed by atoms with Crippen LogP contribution in [0.1, 0.15) is 11.1 Å². The van der Waals surface area contributed by atoms with Gasteiger partial charge in [0.15, 0.2) is 0 Å². The van der Waals surface area contributed by atoms with Crippen molar-refractivity contribution in [2.45, 2.75) is 18.0 Å². The molecule has 0 aliphatic carbocycles. The highest BCUT2D eigenvalue weighted by Crippen LogP contribution is 2.33. The molecule has 0 radical (unpaired) electrons. The third-order valence-corrected chi connectivity index (χ3v) is 2.73. The van der Waals surface area contributed by atoms with E-state index in [1.807, 2.05) is 0 Å². The highest BCUT2D eigenvalue weighted by molar-refractivity contribution is 7.85. The fourth-order valence-corrected chi connectivity index (χ4v) is 1.79. The second-order valence-corrected chi connectivity index (χ2v) is 4.46. The molecule has 0 aliphatic rings. The first kappa shape index (κ1) is 12.9. The minimum absolute atomic E-state index is 0.0401. The standard InChI is InChI=1S/C8H6F4O3S/c1-4-2-7(16(13,14)15)6(9)3-5(4)8(10,11)12/h2-3H,1H3,(H,13,14,15). The molecule has 1 rings (SSSR count). The van der Waals surface area contributed by atoms with Crippen LogP contribution in [0.3, 0.4) is 0 Å². The number of aryl methyl sites for hydroxylation is 1. The summed E-state index contributed by atoms with van der Waals surface area (Å²) in [5.74, 6) is -1.64. The zero-order valence-corrected chi connectivity index (χ0v) is 8.66. The average Bonchev–Trinajstić information content (AvgIpc) is 2.04. The Bertz CT molecular complexity index is 519. The fourth-order valence-electron chi connectivity index (χ4n) is 1.16. The van der Waals surface area contributed by atoms with Crippen molar-refractivity contribution in [3.63, 3.8) is 0 Å². The smallest absolute Gasteiger partial charge is 0.282 e. The molecular formula is C8H6F4O3S. The lowest BCUT2D eigenvalue weighted by Gasteiger charge is -2.11. The molecule has 0 saturated heterocycles. The molecule has 0 unspecified atom stereocenters. The number of alkyl halides is 3. The van der Waals surface area contributed by atoms with Crippen molar-refractivity contribution in [3.05, 3.63) is 29.1 Å². The molecule has 1 aromatic rings. The van der Waals surface area contributed by atoms with E-state index in [1.54, 1.807) is 0 Å². The van der Waals surface area contributed by atoms with Gasteiger partial charge in [-0.1, -0.05) is 0 Å². The Morgan fingerprint density at radius 1 is 1.25 bits per heavy atom. The van der Waals surface area contributed by atoms with Gasteiger partial charge < -0.3 is 0 Å². The SMILES string of the molecule is Cc1cc(S(=O)(=O)O)c(F)cc1C(F)(F)F. The Hall–Kier alpha value is -1.15. The molecule has 0 heterocycles. The van der Waals surface area contributed by atoms with Crippen LogP contribution in [0.2, 0.25) is 0 Å². The van der Waals surface area contributed by atoms with E-state index in [0.29, 0.717) is 6.07 Å². The van der Waals surface area contributed by atoms with Crippen molar-refractivity contribution in [3.8, 4) is 0 Å². The van der Waals surface area contributed by atoms with Gasteiger partial charge in [-0.15, -0.1) is 0 Å². The highest BCUT2D eigenvalue weighted by Gasteiger charge is 2.34. The van der Waals surface area contributed by atoms with Crippen molar-refractivity contribution >= 4 is 10.1 Å². The predicted octanol–water partition coefficient (Wildman–Crippen LogP) is 2.40. The average molecular weight is 258 g/mol. The lowest BCUT2D eigenvalue weighted by atomic mass is 10.1. The zero-order valence-electron chi connectivity index (χ0n) is 7.84. The molecular weight excluding hydrogens is 252 g/mol. The summed E-state index contributed by atoms with van der Waals surface area (Å²) in [5.41, 5.74) is -1.76. The van der Waals surface area contributed by atoms with E-state index in [0.717, 1.165) is 6.92 Å². The number of benzene rings is 1. The number of hydrogen-bond acceptors (Lipinski definition) is 2. The van der Waals surface area contributed by atoms with Crippen LogP contribution in [-0.2, 0) is 16.3 Å². The molecule has 0 fully saturated rings. The van der Waals surface area contributed by atoms with Crippen LogP contribution in [0.4, 0.5) is 17.6 Å². The molecule has 0 bridgehead atoms. The van der Waals surface area contributed by atoms with Gasteiger partial charge in [0.25, 0.3) is 10.1 Å². The molecule has 16 heavy (non-hydrogen) atoms. The molecule has 0 spiro atoms. The van der Waals surface area contributed by atoms with Crippen molar-refractivity contribution in [1.82, 2.24) is 0 Å². The Balaban J connectivity index is 3.52. The van der Waals surface area contributed by atoms with E-state index in [1.165, 1.54) is 0 Å². The van der Waals surface area contributed by atoms with Crippen molar-refractivity contribution in [2.75, 3.05) is 0 Å². The van der Waals surface area contributed by atoms with Gasteiger partial charge in [0.2, 0.25) is 0 Å². The molecule has 1 N–H and O–H groups in total. The summed E-state index contributed by atoms with van der Waals surface area (Å²) in [4.78, 5) is -1.17. The lowest BCUT2D eigenvalue weighted by molar-refractivity contribution is -0.138. The van der Waals surface area contributed by atoms with E-state index in [9.17, 15) is 26.0 Å². The molecule has 0 aromatic heterocycles. The van der Waals surface area contributed by atoms with E-state index < -0.39 is 38.1 Å². The Kier molecular flexibility index (Phi) is 2.99. The minimum atomic E-state index is -4.86. The summed E-state index contributed by atoms with van der Waals surface area (Å²) >= 11 is 0. The topological polar surface area (TPSA) is 54.4 Å². The lowest BCUT2D eigenvalue weighted by Crippen LogP contribution is -2.11. The largest absolute Gasteiger partial charge is 0.416 e. The van der Waals surface area contributed by atoms with Crippen molar-refractivity contribution in [1.29, 1.82) is 0 Å². The van der Waals surface area contributed by atoms with Crippen molar-refractivity contribution in [2.24, 2.45) is 0 Å². The molecule has 0 amide bonds. The van der Waals surface area contributed by atoms with Crippen LogP contribution in [0.5, 0.6) is 0 Å². The summed E-state index contributed by atoms with van der Waals surface area (Å²) in [7, 11) is -4.86. The van der Waals surface area contributed by atoms with Gasteiger partial charge >= 0.3 is 6.18 Å². The highest BCUT2D eigenvalue weighted by atomic mass is 32.2. The fraction of sp³-hybridized carbons (Fsp3) is 0.250. The summed E-state index contributed by atoms with van der Waals surface area (Å²) < 4.78 is 79.6. The Labute approximate surface area is 88.5 Å². The quantitative estimate of drug-likeness (QED) is 0.621. The van der Waals surface area contributed by atoms with E-state index in [2.05, 4.69) is 0 Å². The van der Waals surface area contributed by atoms with Gasteiger partial charge in [-0.2, -0.15) is 21.6 Å². The number of rotatable bonds is 1. The third kappa shape index (κ3) is 2.50. The van der Waals surface area contributed by atoms with Crippen molar-refractivity contribution < 1.29 is 30.5 Å². The van der Waals surface area contributed by atoms with Crippen LogP contribution in [0, 0.1) is 12.7 Å². The first-order valence-corrected chi connectivity index (χ1v) is 5.32. The maximum Gasteiger partial charge on any atom is 0.416 e. The van der Waals surface area contributed by atoms with Gasteiger partial charge in [-0.25, -0.2) is 4.39 Å². The maximum absolute atomic E-state index is 13.0. The summed E-state index contributed by atoms with van der Waals surface area (Å²) in [6.45, 7) is 0.969. The zero-order chi connectivity index (χ0) is 12.7. The monoisotopic (exact) mass is 258 g/mol. The van der Waals surface area contributed by atoms with Gasteiger partial charge in [0.05, 0.1) is 5.56 Å². The van der Waals surface area contributed by atoms with E-state index in [-0.39, 0.29) is 6.07 Å². The predicted molar refractivity (Wildman–Crippen MR) is 46.0 cm³/mol. The van der Waals surface area contributed by atoms with Crippen LogP contribution in [0.25, 0.3) is 0 Å². The Morgan fingerprint density at radius 3 is 2.12 bits per heavy atom. The number of halogens is 4. The van der Waals surface area contributed by atoms with Crippen LogP contribution < -0.4 is 0 Å². The third-order valence-electron chi connectivity index (χ3n) is 1.86. The van der Waals surface area contributed by atoms with Gasteiger partial charge in [-0.3, -0.25) is 4.55 Å². The second kappa shape index (κ2) is 3.70. The van der Waals surface area contributed by atoms with Crippen LogP contribution >= 0.6 is 0 Å². The summed E-state index contributed by atoms with van der Waals surface area (Å²) in [6.07, 6.45) is -4.78. The molecule has 8 heteroatoms. The maximum atomic E-state index is 13.0. The first-order valence-electron chi connectivity index (χ1n) is 3.88. The molecule has 0 aliphatic heterocycles. The van der Waals surface area contributed by atoms with Crippen LogP contribution in [0.15, 0.2) is 17.0 Å². The summed E-state index contributed by atoms with van der Waals surface area (Å²) in [6, 6.07) is 0.478. The first-order chi connectivity index (χ1) is 7.03. The molecule has 0 atom stereocenters. The van der Waals surface area contributed by atoms with Gasteiger partial charge in [-0.05, 0) is 24.6 Å². The van der Waals surface area contributed by atoms with E-state index in [4.69, 9.17) is 4.55 Å². The molecule has 3 nitrogen and oxygen atoms in total. The summed E-state index contributed by atoms with van der Waals surface area (Å²) in [5, 5.41) is 0. The second-order valence-electron chi connectivity index (χ2n) is 3.07. The Morgan fingerprint density at radius 2 is 1.75 bits per heavy atom. The molecule has 0 saturated carbocycles. The molecule has 1 aromatic carbocycles. The van der Waals surface area contributed by atoms with E-state index >= 15 is 0 Å². The van der Waals surface area contributed by atoms with Crippen LogP contribution in [-0.4, -0.2) is 13.0 Å². The van der Waals surface area contributed by atoms with Gasteiger partial charge in [0.1, 0.15) is 10.7 Å².